The number of hydrogen-bond donors (Lipinski definition) is 2. The van der Waals surface area contributed by atoms with Crippen LogP contribution in [0, 0.1) is 0 Å². The minimum Gasteiger partial charge on any atom is -0.469 e. The lowest BCUT2D eigenvalue weighted by atomic mass is 10.1. The highest BCUT2D eigenvalue weighted by molar-refractivity contribution is 7.89. The molecule has 0 saturated carbocycles. The van der Waals surface area contributed by atoms with Gasteiger partial charge in [0.2, 0.25) is 10.0 Å². The van der Waals surface area contributed by atoms with Gasteiger partial charge in [-0.2, -0.15) is 0 Å². The number of furan rings is 1. The van der Waals surface area contributed by atoms with E-state index in [0.29, 0.717) is 0 Å². The number of sulfonamides is 1. The van der Waals surface area contributed by atoms with Crippen LogP contribution in [-0.4, -0.2) is 32.8 Å². The van der Waals surface area contributed by atoms with Crippen LogP contribution in [-0.2, 0) is 16.4 Å². The summed E-state index contributed by atoms with van der Waals surface area (Å²) in [6.07, 6.45) is 6.33. The molecular weight excluding hydrogens is 276 g/mol. The number of aryl methyl sites for hydroxylation is 1. The van der Waals surface area contributed by atoms with Gasteiger partial charge in [0.25, 0.3) is 0 Å². The van der Waals surface area contributed by atoms with Crippen LogP contribution in [0.4, 0.5) is 0 Å². The monoisotopic (exact) mass is 300 g/mol. The van der Waals surface area contributed by atoms with Gasteiger partial charge >= 0.3 is 0 Å². The maximum atomic E-state index is 12.1. The minimum atomic E-state index is -3.21. The molecule has 1 aliphatic rings. The van der Waals surface area contributed by atoms with Crippen molar-refractivity contribution in [3.05, 3.63) is 24.2 Å². The van der Waals surface area contributed by atoms with E-state index in [1.807, 2.05) is 19.1 Å². The van der Waals surface area contributed by atoms with Crippen LogP contribution in [0.3, 0.4) is 0 Å². The molecule has 20 heavy (non-hydrogen) atoms. The van der Waals surface area contributed by atoms with Crippen molar-refractivity contribution in [2.45, 2.75) is 51.1 Å². The van der Waals surface area contributed by atoms with Gasteiger partial charge in [0, 0.05) is 18.5 Å². The van der Waals surface area contributed by atoms with Gasteiger partial charge in [0.05, 0.1) is 12.0 Å². The first-order valence-electron chi connectivity index (χ1n) is 7.31. The van der Waals surface area contributed by atoms with E-state index >= 15 is 0 Å². The van der Waals surface area contributed by atoms with Crippen molar-refractivity contribution in [1.29, 1.82) is 0 Å². The van der Waals surface area contributed by atoms with Crippen LogP contribution in [0.25, 0.3) is 0 Å². The molecule has 1 saturated heterocycles. The van der Waals surface area contributed by atoms with E-state index in [2.05, 4.69) is 10.0 Å². The smallest absolute Gasteiger partial charge is 0.213 e. The Labute approximate surface area is 121 Å². The van der Waals surface area contributed by atoms with Gasteiger partial charge < -0.3 is 9.73 Å². The molecule has 2 rings (SSSR count). The Kier molecular flexibility index (Phi) is 5.63. The molecule has 2 N–H and O–H groups in total. The predicted molar refractivity (Wildman–Crippen MR) is 79.1 cm³/mol. The SMILES string of the molecule is CC(CCc1ccco1)NS(=O)(=O)CC1CCCCN1. The Morgan fingerprint density at radius 1 is 1.50 bits per heavy atom. The molecule has 0 bridgehead atoms. The molecule has 2 atom stereocenters. The Morgan fingerprint density at radius 2 is 2.35 bits per heavy atom. The third-order valence-corrected chi connectivity index (χ3v) is 5.22. The second kappa shape index (κ2) is 7.24. The fraction of sp³-hybridized carbons (Fsp3) is 0.714. The molecule has 1 fully saturated rings. The van der Waals surface area contributed by atoms with E-state index < -0.39 is 10.0 Å². The molecule has 1 aromatic heterocycles. The van der Waals surface area contributed by atoms with E-state index in [4.69, 9.17) is 4.42 Å². The highest BCUT2D eigenvalue weighted by Gasteiger charge is 2.22. The third kappa shape index (κ3) is 5.26. The topological polar surface area (TPSA) is 71.3 Å². The first kappa shape index (κ1) is 15.5. The molecule has 0 aromatic carbocycles. The summed E-state index contributed by atoms with van der Waals surface area (Å²) in [4.78, 5) is 0. The third-order valence-electron chi connectivity index (χ3n) is 3.62. The van der Waals surface area contributed by atoms with Gasteiger partial charge in [-0.1, -0.05) is 6.42 Å². The van der Waals surface area contributed by atoms with Crippen molar-refractivity contribution in [2.75, 3.05) is 12.3 Å². The number of piperidine rings is 1. The average molecular weight is 300 g/mol. The summed E-state index contributed by atoms with van der Waals surface area (Å²) in [6.45, 7) is 2.82. The van der Waals surface area contributed by atoms with E-state index in [-0.39, 0.29) is 17.8 Å². The van der Waals surface area contributed by atoms with Crippen LogP contribution in [0.2, 0.25) is 0 Å². The quantitative estimate of drug-likeness (QED) is 0.803. The van der Waals surface area contributed by atoms with E-state index in [1.54, 1.807) is 6.26 Å². The summed E-state index contributed by atoms with van der Waals surface area (Å²) >= 11 is 0. The predicted octanol–water partition coefficient (Wildman–Crippen LogP) is 1.66. The van der Waals surface area contributed by atoms with Gasteiger partial charge in [0.1, 0.15) is 5.76 Å². The first-order valence-corrected chi connectivity index (χ1v) is 8.96. The first-order chi connectivity index (χ1) is 9.55. The lowest BCUT2D eigenvalue weighted by Crippen LogP contribution is -2.44. The molecule has 2 heterocycles. The Hall–Kier alpha value is -0.850. The van der Waals surface area contributed by atoms with Crippen LogP contribution in [0.1, 0.15) is 38.4 Å². The van der Waals surface area contributed by atoms with Crippen molar-refractivity contribution >= 4 is 10.0 Å². The molecule has 1 aromatic rings. The molecule has 0 aliphatic carbocycles. The van der Waals surface area contributed by atoms with Crippen molar-refractivity contribution in [1.82, 2.24) is 10.0 Å². The zero-order valence-corrected chi connectivity index (χ0v) is 12.8. The van der Waals surface area contributed by atoms with Gasteiger partial charge in [-0.05, 0) is 44.9 Å². The highest BCUT2D eigenvalue weighted by Crippen LogP contribution is 2.10. The summed E-state index contributed by atoms with van der Waals surface area (Å²) in [5.41, 5.74) is 0. The summed E-state index contributed by atoms with van der Waals surface area (Å²) in [5.74, 6) is 1.07. The Bertz CT molecular complexity index is 479. The molecule has 1 aliphatic heterocycles. The van der Waals surface area contributed by atoms with E-state index in [1.165, 1.54) is 0 Å². The van der Waals surface area contributed by atoms with Crippen LogP contribution >= 0.6 is 0 Å². The van der Waals surface area contributed by atoms with E-state index in [9.17, 15) is 8.42 Å². The second-order valence-electron chi connectivity index (χ2n) is 5.57. The summed E-state index contributed by atoms with van der Waals surface area (Å²) in [7, 11) is -3.21. The standard InChI is InChI=1S/C14H24N2O3S/c1-12(7-8-14-6-4-10-19-14)16-20(17,18)11-13-5-2-3-9-15-13/h4,6,10,12-13,15-16H,2-3,5,7-9,11H2,1H3. The molecule has 6 heteroatoms. The van der Waals surface area contributed by atoms with Gasteiger partial charge in [-0.3, -0.25) is 0 Å². The molecule has 0 spiro atoms. The summed E-state index contributed by atoms with van der Waals surface area (Å²) in [5, 5.41) is 3.27. The van der Waals surface area contributed by atoms with Crippen molar-refractivity contribution < 1.29 is 12.8 Å². The molecule has 0 radical (unpaired) electrons. The molecule has 5 nitrogen and oxygen atoms in total. The fourth-order valence-corrected chi connectivity index (χ4v) is 4.20. The largest absolute Gasteiger partial charge is 0.469 e. The summed E-state index contributed by atoms with van der Waals surface area (Å²) in [6, 6.07) is 3.78. The zero-order chi connectivity index (χ0) is 14.4. The normalized spacial score (nSPS) is 21.8. The maximum absolute atomic E-state index is 12.1. The van der Waals surface area contributed by atoms with Crippen molar-refractivity contribution in [2.24, 2.45) is 0 Å². The summed E-state index contributed by atoms with van der Waals surface area (Å²) < 4.78 is 32.2. The fourth-order valence-electron chi connectivity index (χ4n) is 2.56. The number of nitrogens with one attached hydrogen (secondary N) is 2. The number of rotatable bonds is 7. The van der Waals surface area contributed by atoms with Gasteiger partial charge in [-0.15, -0.1) is 0 Å². The minimum absolute atomic E-state index is 0.0753. The Morgan fingerprint density at radius 3 is 3.00 bits per heavy atom. The maximum Gasteiger partial charge on any atom is 0.213 e. The Balaban J connectivity index is 1.75. The molecular formula is C14H24N2O3S. The van der Waals surface area contributed by atoms with Crippen molar-refractivity contribution in [3.63, 3.8) is 0 Å². The number of hydrogen-bond acceptors (Lipinski definition) is 4. The van der Waals surface area contributed by atoms with Crippen LogP contribution < -0.4 is 10.0 Å². The highest BCUT2D eigenvalue weighted by atomic mass is 32.2. The van der Waals surface area contributed by atoms with Gasteiger partial charge in [0.15, 0.2) is 0 Å². The molecule has 0 amide bonds. The second-order valence-corrected chi connectivity index (χ2v) is 7.36. The molecule has 114 valence electrons. The lowest BCUT2D eigenvalue weighted by molar-refractivity contribution is 0.420. The van der Waals surface area contributed by atoms with Crippen molar-refractivity contribution in [3.8, 4) is 0 Å². The van der Waals surface area contributed by atoms with Gasteiger partial charge in [-0.25, -0.2) is 13.1 Å². The van der Waals surface area contributed by atoms with Crippen LogP contribution in [0.15, 0.2) is 22.8 Å². The van der Waals surface area contributed by atoms with E-state index in [0.717, 1.165) is 44.4 Å². The lowest BCUT2D eigenvalue weighted by Gasteiger charge is -2.24. The zero-order valence-electron chi connectivity index (χ0n) is 12.0. The van der Waals surface area contributed by atoms with Crippen LogP contribution in [0.5, 0.6) is 0 Å². The average Bonchev–Trinajstić information content (AvgIpc) is 2.89. The molecule has 2 unspecified atom stereocenters.